The van der Waals surface area contributed by atoms with E-state index >= 15 is 0 Å². The van der Waals surface area contributed by atoms with Gasteiger partial charge in [0.1, 0.15) is 0 Å². The minimum atomic E-state index is 0.832. The van der Waals surface area contributed by atoms with Gasteiger partial charge in [-0.1, -0.05) is 81.1 Å². The van der Waals surface area contributed by atoms with E-state index in [9.17, 15) is 0 Å². The number of rotatable bonds is 9. The van der Waals surface area contributed by atoms with Crippen molar-refractivity contribution < 1.29 is 0 Å². The van der Waals surface area contributed by atoms with Crippen LogP contribution in [0.3, 0.4) is 0 Å². The van der Waals surface area contributed by atoms with E-state index in [0.717, 1.165) is 35.5 Å². The van der Waals surface area contributed by atoms with Gasteiger partial charge in [0.05, 0.1) is 0 Å². The highest BCUT2D eigenvalue weighted by Gasteiger charge is 2.32. The SMILES string of the molecule is CCC(C)C(C)C(CC)C(CC)C(CC)C(C)C. The van der Waals surface area contributed by atoms with E-state index in [1.165, 1.54) is 25.7 Å². The Hall–Kier alpha value is 0. The zero-order valence-corrected chi connectivity index (χ0v) is 14.3. The van der Waals surface area contributed by atoms with Gasteiger partial charge in [-0.2, -0.15) is 0 Å². The fourth-order valence-electron chi connectivity index (χ4n) is 4.05. The van der Waals surface area contributed by atoms with E-state index < -0.39 is 0 Å². The molecule has 0 aromatic carbocycles. The van der Waals surface area contributed by atoms with Crippen LogP contribution in [0, 0.1) is 35.5 Å². The normalized spacial score (nSPS) is 20.5. The molecule has 0 heterocycles. The molecule has 0 aromatic heterocycles. The summed E-state index contributed by atoms with van der Waals surface area (Å²) in [6, 6.07) is 0. The van der Waals surface area contributed by atoms with Gasteiger partial charge in [-0.25, -0.2) is 0 Å². The molecule has 0 aliphatic carbocycles. The van der Waals surface area contributed by atoms with Gasteiger partial charge in [0.25, 0.3) is 0 Å². The molecule has 0 bridgehead atoms. The van der Waals surface area contributed by atoms with Crippen LogP contribution in [0.15, 0.2) is 0 Å². The first-order chi connectivity index (χ1) is 8.44. The molecule has 5 atom stereocenters. The Morgan fingerprint density at radius 3 is 1.28 bits per heavy atom. The second-order valence-electron chi connectivity index (χ2n) is 6.70. The lowest BCUT2D eigenvalue weighted by molar-refractivity contribution is 0.0962. The average Bonchev–Trinajstić information content (AvgIpc) is 2.36. The van der Waals surface area contributed by atoms with Crippen molar-refractivity contribution in [1.29, 1.82) is 0 Å². The second kappa shape index (κ2) is 8.99. The predicted octanol–water partition coefficient (Wildman–Crippen LogP) is 6.40. The first-order valence-electron chi connectivity index (χ1n) is 8.44. The highest BCUT2D eigenvalue weighted by molar-refractivity contribution is 4.81. The lowest BCUT2D eigenvalue weighted by Gasteiger charge is -2.40. The Kier molecular flexibility index (Phi) is 8.99. The Labute approximate surface area is 117 Å². The Bertz CT molecular complexity index is 194. The number of hydrogen-bond donors (Lipinski definition) is 0. The van der Waals surface area contributed by atoms with Crippen LogP contribution < -0.4 is 0 Å². The Morgan fingerprint density at radius 2 is 1.00 bits per heavy atom. The van der Waals surface area contributed by atoms with Gasteiger partial charge in [0, 0.05) is 0 Å². The van der Waals surface area contributed by atoms with Gasteiger partial charge in [-0.3, -0.25) is 0 Å². The smallest absolute Gasteiger partial charge is 0.0355 e. The molecule has 0 spiro atoms. The molecule has 0 N–H and O–H groups in total. The van der Waals surface area contributed by atoms with Crippen molar-refractivity contribution in [2.24, 2.45) is 35.5 Å². The van der Waals surface area contributed by atoms with Crippen LogP contribution >= 0.6 is 0 Å². The fraction of sp³-hybridized carbons (Fsp3) is 1.00. The predicted molar refractivity (Wildman–Crippen MR) is 84.8 cm³/mol. The molecule has 0 rings (SSSR count). The molecule has 0 saturated heterocycles. The van der Waals surface area contributed by atoms with Crippen LogP contribution in [0.2, 0.25) is 0 Å². The molecule has 18 heavy (non-hydrogen) atoms. The maximum atomic E-state index is 2.50. The molecular weight excluding hydrogens is 216 g/mol. The Balaban J connectivity index is 4.96. The largest absolute Gasteiger partial charge is 0.0651 e. The first kappa shape index (κ1) is 18.0. The Morgan fingerprint density at radius 1 is 0.556 bits per heavy atom. The minimum Gasteiger partial charge on any atom is -0.0651 e. The minimum absolute atomic E-state index is 0.832. The summed E-state index contributed by atoms with van der Waals surface area (Å²) in [5.74, 6) is 5.32. The van der Waals surface area contributed by atoms with Crippen LogP contribution in [-0.4, -0.2) is 0 Å². The van der Waals surface area contributed by atoms with Crippen LogP contribution in [-0.2, 0) is 0 Å². The van der Waals surface area contributed by atoms with Gasteiger partial charge >= 0.3 is 0 Å². The van der Waals surface area contributed by atoms with Crippen molar-refractivity contribution in [3.8, 4) is 0 Å². The molecule has 5 unspecified atom stereocenters. The summed E-state index contributed by atoms with van der Waals surface area (Å²) in [6.45, 7) is 19.3. The monoisotopic (exact) mass is 254 g/mol. The van der Waals surface area contributed by atoms with Crippen molar-refractivity contribution in [3.05, 3.63) is 0 Å². The van der Waals surface area contributed by atoms with Gasteiger partial charge in [-0.15, -0.1) is 0 Å². The first-order valence-corrected chi connectivity index (χ1v) is 8.44. The molecule has 110 valence electrons. The highest BCUT2D eigenvalue weighted by Crippen LogP contribution is 2.40. The topological polar surface area (TPSA) is 0 Å². The molecule has 0 saturated carbocycles. The van der Waals surface area contributed by atoms with Gasteiger partial charge in [0.2, 0.25) is 0 Å². The van der Waals surface area contributed by atoms with E-state index in [2.05, 4.69) is 55.4 Å². The van der Waals surface area contributed by atoms with E-state index in [1.807, 2.05) is 0 Å². The lowest BCUT2D eigenvalue weighted by Crippen LogP contribution is -2.32. The summed E-state index contributed by atoms with van der Waals surface area (Å²) < 4.78 is 0. The molecule has 0 nitrogen and oxygen atoms in total. The van der Waals surface area contributed by atoms with E-state index in [0.29, 0.717) is 0 Å². The standard InChI is InChI=1S/C18H38/c1-9-14(7)15(8)17(11-3)18(12-4)16(10-2)13(5)6/h13-18H,9-12H2,1-8H3. The maximum Gasteiger partial charge on any atom is -0.0355 e. The third-order valence-electron chi connectivity index (χ3n) is 5.59. The van der Waals surface area contributed by atoms with Crippen LogP contribution in [0.5, 0.6) is 0 Å². The molecule has 0 radical (unpaired) electrons. The quantitative estimate of drug-likeness (QED) is 0.446. The molecule has 0 aromatic rings. The van der Waals surface area contributed by atoms with E-state index in [4.69, 9.17) is 0 Å². The molecule has 0 aliphatic heterocycles. The number of hydrogen-bond acceptors (Lipinski definition) is 0. The van der Waals surface area contributed by atoms with Crippen molar-refractivity contribution >= 4 is 0 Å². The highest BCUT2D eigenvalue weighted by atomic mass is 14.4. The third-order valence-corrected chi connectivity index (χ3v) is 5.59. The van der Waals surface area contributed by atoms with E-state index in [-0.39, 0.29) is 0 Å². The summed E-state index contributed by atoms with van der Waals surface area (Å²) in [4.78, 5) is 0. The van der Waals surface area contributed by atoms with Crippen LogP contribution in [0.4, 0.5) is 0 Å². The van der Waals surface area contributed by atoms with Gasteiger partial charge in [-0.05, 0) is 35.5 Å². The van der Waals surface area contributed by atoms with Crippen molar-refractivity contribution in [2.75, 3.05) is 0 Å². The van der Waals surface area contributed by atoms with Crippen LogP contribution in [0.1, 0.15) is 81.1 Å². The van der Waals surface area contributed by atoms with Crippen molar-refractivity contribution in [1.82, 2.24) is 0 Å². The average molecular weight is 255 g/mol. The van der Waals surface area contributed by atoms with Crippen LogP contribution in [0.25, 0.3) is 0 Å². The molecule has 0 heteroatoms. The van der Waals surface area contributed by atoms with Crippen molar-refractivity contribution in [3.63, 3.8) is 0 Å². The lowest BCUT2D eigenvalue weighted by atomic mass is 9.66. The third kappa shape index (κ3) is 4.59. The molecule has 0 amide bonds. The fourth-order valence-corrected chi connectivity index (χ4v) is 4.05. The van der Waals surface area contributed by atoms with Crippen molar-refractivity contribution in [2.45, 2.75) is 81.1 Å². The molecular formula is C18H38. The molecule has 0 aliphatic rings. The van der Waals surface area contributed by atoms with Gasteiger partial charge < -0.3 is 0 Å². The second-order valence-corrected chi connectivity index (χ2v) is 6.70. The summed E-state index contributed by atoms with van der Waals surface area (Å²) in [5, 5.41) is 0. The summed E-state index contributed by atoms with van der Waals surface area (Å²) in [6.07, 6.45) is 5.38. The van der Waals surface area contributed by atoms with E-state index in [1.54, 1.807) is 0 Å². The molecule has 0 fully saturated rings. The zero-order chi connectivity index (χ0) is 14.3. The zero-order valence-electron chi connectivity index (χ0n) is 14.3. The van der Waals surface area contributed by atoms with Gasteiger partial charge in [0.15, 0.2) is 0 Å². The maximum absolute atomic E-state index is 2.50. The summed E-state index contributed by atoms with van der Waals surface area (Å²) in [5.41, 5.74) is 0. The summed E-state index contributed by atoms with van der Waals surface area (Å²) >= 11 is 0. The summed E-state index contributed by atoms with van der Waals surface area (Å²) in [7, 11) is 0.